The van der Waals surface area contributed by atoms with Gasteiger partial charge in [0.15, 0.2) is 5.78 Å². The standard InChI is InChI=1S/C12H20O2/c1-3-5-8-11(13)12(14-4-2)9-6-7-10-12/h3H,1,4-10H2,2H3. The van der Waals surface area contributed by atoms with Gasteiger partial charge in [0.25, 0.3) is 0 Å². The summed E-state index contributed by atoms with van der Waals surface area (Å²) >= 11 is 0. The average molecular weight is 196 g/mol. The second kappa shape index (κ2) is 5.30. The van der Waals surface area contributed by atoms with E-state index in [-0.39, 0.29) is 5.78 Å². The minimum absolute atomic E-state index is 0.275. The number of hydrogen-bond acceptors (Lipinski definition) is 2. The van der Waals surface area contributed by atoms with Crippen molar-refractivity contribution in [3.8, 4) is 0 Å². The second-order valence-corrected chi connectivity index (χ2v) is 3.88. The third kappa shape index (κ3) is 2.44. The van der Waals surface area contributed by atoms with Crippen molar-refractivity contribution in [2.24, 2.45) is 0 Å². The molecule has 1 aliphatic rings. The van der Waals surface area contributed by atoms with Gasteiger partial charge >= 0.3 is 0 Å². The van der Waals surface area contributed by atoms with E-state index < -0.39 is 5.60 Å². The quantitative estimate of drug-likeness (QED) is 0.611. The van der Waals surface area contributed by atoms with Crippen LogP contribution in [-0.2, 0) is 9.53 Å². The Kier molecular flexibility index (Phi) is 4.33. The summed E-state index contributed by atoms with van der Waals surface area (Å²) in [6, 6.07) is 0. The van der Waals surface area contributed by atoms with Crippen LogP contribution in [0.2, 0.25) is 0 Å². The molecule has 2 nitrogen and oxygen atoms in total. The highest BCUT2D eigenvalue weighted by Crippen LogP contribution is 2.35. The van der Waals surface area contributed by atoms with Gasteiger partial charge in [-0.3, -0.25) is 4.79 Å². The third-order valence-corrected chi connectivity index (χ3v) is 2.92. The topological polar surface area (TPSA) is 26.3 Å². The Bertz CT molecular complexity index is 202. The van der Waals surface area contributed by atoms with Crippen LogP contribution in [0.5, 0.6) is 0 Å². The van der Waals surface area contributed by atoms with Gasteiger partial charge in [-0.15, -0.1) is 6.58 Å². The van der Waals surface area contributed by atoms with Gasteiger partial charge in [0.2, 0.25) is 0 Å². The van der Waals surface area contributed by atoms with Crippen LogP contribution in [0.1, 0.15) is 45.4 Å². The molecular weight excluding hydrogens is 176 g/mol. The maximum atomic E-state index is 11.9. The summed E-state index contributed by atoms with van der Waals surface area (Å²) in [6.45, 7) is 6.23. The first-order valence-electron chi connectivity index (χ1n) is 5.53. The molecule has 0 spiro atoms. The zero-order valence-electron chi connectivity index (χ0n) is 9.05. The van der Waals surface area contributed by atoms with Crippen molar-refractivity contribution >= 4 is 5.78 Å². The number of hydrogen-bond donors (Lipinski definition) is 0. The lowest BCUT2D eigenvalue weighted by Crippen LogP contribution is -2.38. The van der Waals surface area contributed by atoms with E-state index in [1.165, 1.54) is 0 Å². The van der Waals surface area contributed by atoms with Crippen LogP contribution >= 0.6 is 0 Å². The summed E-state index contributed by atoms with van der Waals surface area (Å²) in [5.74, 6) is 0.275. The number of rotatable bonds is 6. The van der Waals surface area contributed by atoms with Crippen molar-refractivity contribution in [2.45, 2.75) is 51.0 Å². The van der Waals surface area contributed by atoms with Gasteiger partial charge < -0.3 is 4.74 Å². The maximum Gasteiger partial charge on any atom is 0.164 e. The van der Waals surface area contributed by atoms with Crippen LogP contribution in [0, 0.1) is 0 Å². The Morgan fingerprint density at radius 1 is 1.50 bits per heavy atom. The lowest BCUT2D eigenvalue weighted by Gasteiger charge is -2.27. The SMILES string of the molecule is C=CCCC(=O)C1(OCC)CCCC1. The molecule has 80 valence electrons. The van der Waals surface area contributed by atoms with Crippen LogP contribution in [0.4, 0.5) is 0 Å². The third-order valence-electron chi connectivity index (χ3n) is 2.92. The zero-order chi connectivity index (χ0) is 10.4. The van der Waals surface area contributed by atoms with Gasteiger partial charge in [-0.2, -0.15) is 0 Å². The predicted octanol–water partition coefficient (Wildman–Crippen LogP) is 2.87. The minimum atomic E-state index is -0.433. The highest BCUT2D eigenvalue weighted by atomic mass is 16.5. The van der Waals surface area contributed by atoms with Crippen LogP contribution in [0.25, 0.3) is 0 Å². The van der Waals surface area contributed by atoms with E-state index >= 15 is 0 Å². The van der Waals surface area contributed by atoms with E-state index in [4.69, 9.17) is 4.74 Å². The molecule has 0 aromatic heterocycles. The molecule has 14 heavy (non-hydrogen) atoms. The normalized spacial score (nSPS) is 19.5. The first-order valence-corrected chi connectivity index (χ1v) is 5.53. The maximum absolute atomic E-state index is 11.9. The van der Waals surface area contributed by atoms with Crippen molar-refractivity contribution in [1.29, 1.82) is 0 Å². The van der Waals surface area contributed by atoms with Crippen LogP contribution in [-0.4, -0.2) is 18.0 Å². The summed E-state index contributed by atoms with van der Waals surface area (Å²) in [5.41, 5.74) is -0.433. The molecule has 1 rings (SSSR count). The fourth-order valence-electron chi connectivity index (χ4n) is 2.19. The van der Waals surface area contributed by atoms with Crippen LogP contribution in [0.15, 0.2) is 12.7 Å². The van der Waals surface area contributed by atoms with Gasteiger partial charge in [-0.1, -0.05) is 6.08 Å². The lowest BCUT2D eigenvalue weighted by molar-refractivity contribution is -0.143. The smallest absolute Gasteiger partial charge is 0.164 e. The summed E-state index contributed by atoms with van der Waals surface area (Å²) in [7, 11) is 0. The number of carbonyl (C=O) groups is 1. The summed E-state index contributed by atoms with van der Waals surface area (Å²) < 4.78 is 5.67. The van der Waals surface area contributed by atoms with Crippen molar-refractivity contribution in [3.05, 3.63) is 12.7 Å². The van der Waals surface area contributed by atoms with Crippen LogP contribution < -0.4 is 0 Å². The fraction of sp³-hybridized carbons (Fsp3) is 0.750. The summed E-state index contributed by atoms with van der Waals surface area (Å²) in [5, 5.41) is 0. The zero-order valence-corrected chi connectivity index (χ0v) is 9.05. The molecule has 1 aliphatic carbocycles. The Balaban J connectivity index is 2.56. The molecule has 2 heteroatoms. The molecule has 1 saturated carbocycles. The molecule has 0 aliphatic heterocycles. The summed E-state index contributed by atoms with van der Waals surface area (Å²) in [6.07, 6.45) is 7.23. The Morgan fingerprint density at radius 3 is 2.64 bits per heavy atom. The molecule has 0 aromatic carbocycles. The first-order chi connectivity index (χ1) is 6.75. The number of ether oxygens (including phenoxy) is 1. The van der Waals surface area contributed by atoms with E-state index in [2.05, 4.69) is 6.58 Å². The van der Waals surface area contributed by atoms with E-state index in [0.29, 0.717) is 13.0 Å². The fourth-order valence-corrected chi connectivity index (χ4v) is 2.19. The van der Waals surface area contributed by atoms with Crippen molar-refractivity contribution < 1.29 is 9.53 Å². The largest absolute Gasteiger partial charge is 0.368 e. The Morgan fingerprint density at radius 2 is 2.14 bits per heavy atom. The van der Waals surface area contributed by atoms with E-state index in [9.17, 15) is 4.79 Å². The number of carbonyl (C=O) groups excluding carboxylic acids is 1. The number of allylic oxidation sites excluding steroid dienone is 1. The lowest BCUT2D eigenvalue weighted by atomic mass is 9.93. The van der Waals surface area contributed by atoms with Crippen LogP contribution in [0.3, 0.4) is 0 Å². The monoisotopic (exact) mass is 196 g/mol. The highest BCUT2D eigenvalue weighted by Gasteiger charge is 2.40. The number of ketones is 1. The van der Waals surface area contributed by atoms with Gasteiger partial charge in [-0.25, -0.2) is 0 Å². The molecular formula is C12H20O2. The molecule has 0 atom stereocenters. The van der Waals surface area contributed by atoms with Crippen molar-refractivity contribution in [3.63, 3.8) is 0 Å². The van der Waals surface area contributed by atoms with Gasteiger partial charge in [0, 0.05) is 13.0 Å². The second-order valence-electron chi connectivity index (χ2n) is 3.88. The van der Waals surface area contributed by atoms with E-state index in [1.807, 2.05) is 6.92 Å². The molecule has 1 fully saturated rings. The first kappa shape index (κ1) is 11.4. The number of Topliss-reactive ketones (excluding diaryl/α,β-unsaturated/α-hetero) is 1. The molecule has 0 N–H and O–H groups in total. The summed E-state index contributed by atoms with van der Waals surface area (Å²) in [4.78, 5) is 11.9. The molecule has 0 heterocycles. The van der Waals surface area contributed by atoms with Crippen molar-refractivity contribution in [1.82, 2.24) is 0 Å². The van der Waals surface area contributed by atoms with E-state index in [1.54, 1.807) is 6.08 Å². The molecule has 0 amide bonds. The van der Waals surface area contributed by atoms with Gasteiger partial charge in [0.05, 0.1) is 0 Å². The molecule has 0 saturated heterocycles. The molecule has 0 unspecified atom stereocenters. The highest BCUT2D eigenvalue weighted by molar-refractivity contribution is 5.87. The average Bonchev–Trinajstić information content (AvgIpc) is 2.64. The van der Waals surface area contributed by atoms with Gasteiger partial charge in [0.1, 0.15) is 5.60 Å². The Labute approximate surface area is 86.3 Å². The Hall–Kier alpha value is -0.630. The molecule has 0 radical (unpaired) electrons. The molecule has 0 aromatic rings. The van der Waals surface area contributed by atoms with E-state index in [0.717, 1.165) is 32.1 Å². The predicted molar refractivity (Wildman–Crippen MR) is 57.3 cm³/mol. The molecule has 0 bridgehead atoms. The van der Waals surface area contributed by atoms with Gasteiger partial charge in [-0.05, 0) is 39.0 Å². The minimum Gasteiger partial charge on any atom is -0.368 e. The van der Waals surface area contributed by atoms with Crippen molar-refractivity contribution in [2.75, 3.05) is 6.61 Å².